The van der Waals surface area contributed by atoms with Crippen LogP contribution in [-0.4, -0.2) is 18.6 Å². The highest BCUT2D eigenvalue weighted by molar-refractivity contribution is 7.88. The van der Waals surface area contributed by atoms with Crippen LogP contribution in [0.1, 0.15) is 55.8 Å². The van der Waals surface area contributed by atoms with Crippen LogP contribution in [-0.2, 0) is 21.3 Å². The van der Waals surface area contributed by atoms with Gasteiger partial charge in [0.05, 0.1) is 21.3 Å². The molecule has 0 aliphatic heterocycles. The second kappa shape index (κ2) is 7.84. The number of rotatable bonds is 5. The number of hydrogen-bond donors (Lipinski definition) is 1. The summed E-state index contributed by atoms with van der Waals surface area (Å²) in [5.74, 6) is 0.643. The molecule has 0 radical (unpaired) electrons. The predicted octanol–water partition coefficient (Wildman–Crippen LogP) is 4.35. The van der Waals surface area contributed by atoms with Crippen LogP contribution in [0, 0.1) is 6.92 Å². The van der Waals surface area contributed by atoms with Gasteiger partial charge in [0.1, 0.15) is 0 Å². The number of aromatic nitrogens is 2. The van der Waals surface area contributed by atoms with Crippen molar-refractivity contribution >= 4 is 33.2 Å². The molecule has 0 saturated heterocycles. The maximum atomic E-state index is 12.9. The molecule has 0 atom stereocenters. The summed E-state index contributed by atoms with van der Waals surface area (Å²) in [5, 5.41) is 4.74. The minimum Gasteiger partial charge on any atom is -0.340 e. The van der Waals surface area contributed by atoms with Gasteiger partial charge in [-0.25, -0.2) is 13.1 Å². The van der Waals surface area contributed by atoms with Crippen molar-refractivity contribution in [2.45, 2.75) is 56.7 Å². The standard InChI is InChI=1S/C17H21Cl2N3O3S/c1-12-20-16(21-25-12)17(8-4-2-3-5-9-17)22-26(23,24)11-13-6-7-14(18)15(19)10-13/h6-7,10,22H,2-5,8-9,11H2,1H3. The lowest BCUT2D eigenvalue weighted by atomic mass is 9.91. The Balaban J connectivity index is 1.88. The summed E-state index contributed by atoms with van der Waals surface area (Å²) < 4.78 is 33.8. The molecular weight excluding hydrogens is 397 g/mol. The Morgan fingerprint density at radius 3 is 2.42 bits per heavy atom. The zero-order valence-corrected chi connectivity index (χ0v) is 16.8. The fourth-order valence-electron chi connectivity index (χ4n) is 3.38. The largest absolute Gasteiger partial charge is 0.340 e. The monoisotopic (exact) mass is 417 g/mol. The minimum absolute atomic E-state index is 0.192. The van der Waals surface area contributed by atoms with E-state index in [1.807, 2.05) is 0 Å². The summed E-state index contributed by atoms with van der Waals surface area (Å²) in [6.45, 7) is 1.70. The van der Waals surface area contributed by atoms with E-state index in [9.17, 15) is 8.42 Å². The maximum absolute atomic E-state index is 12.9. The summed E-state index contributed by atoms with van der Waals surface area (Å²) in [7, 11) is -3.65. The van der Waals surface area contributed by atoms with Crippen molar-refractivity contribution in [2.75, 3.05) is 0 Å². The number of aryl methyl sites for hydroxylation is 1. The first kappa shape index (κ1) is 19.6. The van der Waals surface area contributed by atoms with Gasteiger partial charge in [0.15, 0.2) is 5.82 Å². The number of hydrogen-bond acceptors (Lipinski definition) is 5. The fourth-order valence-corrected chi connectivity index (χ4v) is 5.28. The van der Waals surface area contributed by atoms with Gasteiger partial charge < -0.3 is 4.52 Å². The van der Waals surface area contributed by atoms with Crippen molar-refractivity contribution in [1.82, 2.24) is 14.9 Å². The van der Waals surface area contributed by atoms with E-state index in [0.717, 1.165) is 25.7 Å². The summed E-state index contributed by atoms with van der Waals surface area (Å²) >= 11 is 11.9. The van der Waals surface area contributed by atoms with Gasteiger partial charge in [0, 0.05) is 6.92 Å². The van der Waals surface area contributed by atoms with Crippen molar-refractivity contribution in [3.05, 3.63) is 45.5 Å². The molecule has 6 nitrogen and oxygen atoms in total. The highest BCUT2D eigenvalue weighted by Crippen LogP contribution is 2.35. The van der Waals surface area contributed by atoms with Crippen LogP contribution in [0.5, 0.6) is 0 Å². The smallest absolute Gasteiger partial charge is 0.223 e. The molecule has 1 aliphatic carbocycles. The number of benzene rings is 1. The number of halogens is 2. The SMILES string of the molecule is Cc1nc(C2(NS(=O)(=O)Cc3ccc(Cl)c(Cl)c3)CCCCCC2)no1. The van der Waals surface area contributed by atoms with E-state index in [1.54, 1.807) is 25.1 Å². The van der Waals surface area contributed by atoms with Gasteiger partial charge in [-0.05, 0) is 30.5 Å². The molecule has 26 heavy (non-hydrogen) atoms. The van der Waals surface area contributed by atoms with Gasteiger partial charge in [-0.3, -0.25) is 0 Å². The van der Waals surface area contributed by atoms with E-state index in [2.05, 4.69) is 14.9 Å². The Morgan fingerprint density at radius 1 is 1.15 bits per heavy atom. The molecule has 1 aromatic carbocycles. The summed E-state index contributed by atoms with van der Waals surface area (Å²) in [6, 6.07) is 4.83. The van der Waals surface area contributed by atoms with Gasteiger partial charge in [-0.15, -0.1) is 0 Å². The summed E-state index contributed by atoms with van der Waals surface area (Å²) in [4.78, 5) is 4.32. The first-order valence-corrected chi connectivity index (χ1v) is 11.0. The highest BCUT2D eigenvalue weighted by atomic mass is 35.5. The van der Waals surface area contributed by atoms with Crippen LogP contribution in [0.15, 0.2) is 22.7 Å². The molecule has 142 valence electrons. The van der Waals surface area contributed by atoms with Crippen molar-refractivity contribution in [1.29, 1.82) is 0 Å². The molecule has 1 saturated carbocycles. The van der Waals surface area contributed by atoms with Crippen molar-refractivity contribution < 1.29 is 12.9 Å². The van der Waals surface area contributed by atoms with Crippen LogP contribution in [0.25, 0.3) is 0 Å². The van der Waals surface area contributed by atoms with Crippen LogP contribution < -0.4 is 4.72 Å². The zero-order chi connectivity index (χ0) is 18.8. The Morgan fingerprint density at radius 2 is 1.85 bits per heavy atom. The number of sulfonamides is 1. The molecule has 9 heteroatoms. The van der Waals surface area contributed by atoms with Gasteiger partial charge in [-0.1, -0.05) is 60.1 Å². The molecule has 3 rings (SSSR count). The van der Waals surface area contributed by atoms with E-state index in [0.29, 0.717) is 40.2 Å². The molecule has 0 spiro atoms. The van der Waals surface area contributed by atoms with E-state index in [-0.39, 0.29) is 5.75 Å². The third-order valence-electron chi connectivity index (χ3n) is 4.60. The Kier molecular flexibility index (Phi) is 5.91. The lowest BCUT2D eigenvalue weighted by molar-refractivity contribution is 0.301. The van der Waals surface area contributed by atoms with Crippen LogP contribution in [0.2, 0.25) is 10.0 Å². The van der Waals surface area contributed by atoms with E-state index >= 15 is 0 Å². The first-order valence-electron chi connectivity index (χ1n) is 8.56. The quantitative estimate of drug-likeness (QED) is 0.730. The van der Waals surface area contributed by atoms with Gasteiger partial charge in [0.25, 0.3) is 0 Å². The maximum Gasteiger partial charge on any atom is 0.223 e. The van der Waals surface area contributed by atoms with E-state index < -0.39 is 15.6 Å². The summed E-state index contributed by atoms with van der Waals surface area (Å²) in [6.07, 6.45) is 5.23. The third-order valence-corrected chi connectivity index (χ3v) is 6.76. The molecule has 2 aromatic rings. The average Bonchev–Trinajstić information content (AvgIpc) is 2.87. The zero-order valence-electron chi connectivity index (χ0n) is 14.5. The summed E-state index contributed by atoms with van der Waals surface area (Å²) in [5.41, 5.74) is -0.261. The van der Waals surface area contributed by atoms with Crippen LogP contribution >= 0.6 is 23.2 Å². The van der Waals surface area contributed by atoms with Crippen molar-refractivity contribution in [3.8, 4) is 0 Å². The van der Waals surface area contributed by atoms with Crippen molar-refractivity contribution in [2.24, 2.45) is 0 Å². The van der Waals surface area contributed by atoms with E-state index in [1.165, 1.54) is 0 Å². The Bertz CT molecular complexity index is 875. The minimum atomic E-state index is -3.65. The van der Waals surface area contributed by atoms with Crippen LogP contribution in [0.4, 0.5) is 0 Å². The second-order valence-corrected chi connectivity index (χ2v) is 9.28. The number of nitrogens with zero attached hydrogens (tertiary/aromatic N) is 2. The van der Waals surface area contributed by atoms with E-state index in [4.69, 9.17) is 27.7 Å². The lowest BCUT2D eigenvalue weighted by Crippen LogP contribution is -2.46. The first-order chi connectivity index (χ1) is 12.3. The average molecular weight is 418 g/mol. The molecular formula is C17H21Cl2N3O3S. The number of nitrogens with one attached hydrogen (secondary N) is 1. The lowest BCUT2D eigenvalue weighted by Gasteiger charge is -2.30. The molecule has 1 aliphatic rings. The van der Waals surface area contributed by atoms with Gasteiger partial charge in [0.2, 0.25) is 15.9 Å². The normalized spacial score (nSPS) is 17.8. The molecule has 1 fully saturated rings. The molecule has 0 unspecified atom stereocenters. The Hall–Kier alpha value is -1.15. The molecule has 0 bridgehead atoms. The topological polar surface area (TPSA) is 85.1 Å². The second-order valence-electron chi connectivity index (χ2n) is 6.74. The molecule has 0 amide bonds. The molecule has 1 heterocycles. The predicted molar refractivity (Wildman–Crippen MR) is 101 cm³/mol. The van der Waals surface area contributed by atoms with Crippen molar-refractivity contribution in [3.63, 3.8) is 0 Å². The van der Waals surface area contributed by atoms with Crippen LogP contribution in [0.3, 0.4) is 0 Å². The molecule has 1 N–H and O–H groups in total. The molecule has 1 aromatic heterocycles. The van der Waals surface area contributed by atoms with Gasteiger partial charge in [-0.2, -0.15) is 4.98 Å². The van der Waals surface area contributed by atoms with Gasteiger partial charge >= 0.3 is 0 Å². The highest BCUT2D eigenvalue weighted by Gasteiger charge is 2.40. The fraction of sp³-hybridized carbons (Fsp3) is 0.529. The third kappa shape index (κ3) is 4.57. The Labute approximate surface area is 163 Å².